The van der Waals surface area contributed by atoms with Gasteiger partial charge in [0.25, 0.3) is 0 Å². The highest BCUT2D eigenvalue weighted by molar-refractivity contribution is 6.32. The number of halogens is 1. The van der Waals surface area contributed by atoms with E-state index in [9.17, 15) is 0 Å². The summed E-state index contributed by atoms with van der Waals surface area (Å²) < 4.78 is 6.75. The Hall–Kier alpha value is -1.52. The highest BCUT2D eigenvalue weighted by atomic mass is 35.5. The molecule has 1 aromatic carbocycles. The van der Waals surface area contributed by atoms with E-state index >= 15 is 0 Å². The first kappa shape index (κ1) is 10.0. The molecule has 0 unspecified atom stereocenters. The summed E-state index contributed by atoms with van der Waals surface area (Å²) in [4.78, 5) is 0. The van der Waals surface area contributed by atoms with Crippen LogP contribution in [-0.4, -0.2) is 16.5 Å². The lowest BCUT2D eigenvalue weighted by molar-refractivity contribution is 0.329. The average Bonchev–Trinajstić information content (AvgIpc) is 2.68. The summed E-state index contributed by atoms with van der Waals surface area (Å²) >= 11 is 6.02. The van der Waals surface area contributed by atoms with Gasteiger partial charge < -0.3 is 4.74 Å². The van der Waals surface area contributed by atoms with E-state index in [4.69, 9.17) is 22.1 Å². The fourth-order valence-corrected chi connectivity index (χ4v) is 1.47. The molecule has 2 N–H and O–H groups in total. The zero-order valence-corrected chi connectivity index (χ0v) is 8.69. The molecule has 15 heavy (non-hydrogen) atoms. The van der Waals surface area contributed by atoms with Gasteiger partial charge in [-0.25, -0.2) is 4.68 Å². The first-order valence-electron chi connectivity index (χ1n) is 4.43. The predicted octanol–water partition coefficient (Wildman–Crippen LogP) is 1.82. The van der Waals surface area contributed by atoms with Crippen LogP contribution in [-0.2, 0) is 0 Å². The maximum Gasteiger partial charge on any atom is 0.159 e. The molecule has 0 fully saturated rings. The van der Waals surface area contributed by atoms with E-state index in [1.807, 2.05) is 24.3 Å². The van der Waals surface area contributed by atoms with Crippen LogP contribution in [0.4, 0.5) is 0 Å². The summed E-state index contributed by atoms with van der Waals surface area (Å²) in [5.41, 5.74) is 6.06. The van der Waals surface area contributed by atoms with Crippen LogP contribution in [0.5, 0.6) is 5.75 Å². The third-order valence-electron chi connectivity index (χ3n) is 1.91. The molecule has 4 nitrogen and oxygen atoms in total. The van der Waals surface area contributed by atoms with E-state index in [1.165, 1.54) is 0 Å². The maximum atomic E-state index is 6.02. The molecular formula is C10H10ClN3O. The zero-order chi connectivity index (χ0) is 10.7. The van der Waals surface area contributed by atoms with Gasteiger partial charge >= 0.3 is 0 Å². The number of hydrogen-bond donors (Lipinski definition) is 1. The van der Waals surface area contributed by atoms with Crippen molar-refractivity contribution in [3.63, 3.8) is 0 Å². The number of nitrogens with zero attached hydrogens (tertiary/aromatic N) is 2. The first-order valence-corrected chi connectivity index (χ1v) is 4.81. The molecule has 2 aromatic rings. The molecule has 5 heteroatoms. The van der Waals surface area contributed by atoms with Crippen molar-refractivity contribution in [3.05, 3.63) is 41.7 Å². The topological polar surface area (TPSA) is 53.1 Å². The Kier molecular flexibility index (Phi) is 2.89. The largest absolute Gasteiger partial charge is 0.475 e. The van der Waals surface area contributed by atoms with Crippen molar-refractivity contribution in [2.24, 2.45) is 5.73 Å². The Labute approximate surface area is 92.2 Å². The molecule has 0 aliphatic carbocycles. The fraction of sp³-hybridized carbons (Fsp3) is 0.100. The standard InChI is InChI=1S/C10H10ClN3O/c11-9-3-1-2-4-10(9)14-6-8(5-13-14)15-7-12/h1-6H,7,12H2. The van der Waals surface area contributed by atoms with Crippen molar-refractivity contribution in [1.82, 2.24) is 9.78 Å². The molecule has 78 valence electrons. The van der Waals surface area contributed by atoms with Gasteiger partial charge in [-0.3, -0.25) is 5.73 Å². The molecule has 2 rings (SSSR count). The second kappa shape index (κ2) is 4.33. The van der Waals surface area contributed by atoms with E-state index in [-0.39, 0.29) is 6.73 Å². The fourth-order valence-electron chi connectivity index (χ4n) is 1.25. The number of nitrogens with two attached hydrogens (primary N) is 1. The lowest BCUT2D eigenvalue weighted by Crippen LogP contribution is -2.06. The Morgan fingerprint density at radius 2 is 2.20 bits per heavy atom. The Balaban J connectivity index is 2.33. The Morgan fingerprint density at radius 3 is 2.93 bits per heavy atom. The van der Waals surface area contributed by atoms with Crippen molar-refractivity contribution in [2.45, 2.75) is 0 Å². The lowest BCUT2D eigenvalue weighted by atomic mass is 10.3. The van der Waals surface area contributed by atoms with Crippen molar-refractivity contribution in [1.29, 1.82) is 0 Å². The molecule has 0 amide bonds. The van der Waals surface area contributed by atoms with Crippen molar-refractivity contribution in [2.75, 3.05) is 6.73 Å². The highest BCUT2D eigenvalue weighted by Crippen LogP contribution is 2.20. The molecule has 1 heterocycles. The minimum atomic E-state index is 0.133. The summed E-state index contributed by atoms with van der Waals surface area (Å²) in [5.74, 6) is 0.623. The molecular weight excluding hydrogens is 214 g/mol. The molecule has 0 bridgehead atoms. The molecule has 1 aromatic heterocycles. The van der Waals surface area contributed by atoms with E-state index < -0.39 is 0 Å². The van der Waals surface area contributed by atoms with Crippen LogP contribution < -0.4 is 10.5 Å². The third-order valence-corrected chi connectivity index (χ3v) is 2.23. The number of benzene rings is 1. The van der Waals surface area contributed by atoms with Crippen LogP contribution in [0.25, 0.3) is 5.69 Å². The first-order chi connectivity index (χ1) is 7.31. The normalized spacial score (nSPS) is 10.3. The maximum absolute atomic E-state index is 6.02. The minimum Gasteiger partial charge on any atom is -0.475 e. The van der Waals surface area contributed by atoms with Crippen LogP contribution in [0.15, 0.2) is 36.7 Å². The number of aromatic nitrogens is 2. The molecule has 0 aliphatic heterocycles. The van der Waals surface area contributed by atoms with Gasteiger partial charge in [0.1, 0.15) is 6.73 Å². The van der Waals surface area contributed by atoms with Crippen LogP contribution >= 0.6 is 11.6 Å². The Morgan fingerprint density at radius 1 is 1.40 bits per heavy atom. The van der Waals surface area contributed by atoms with Gasteiger partial charge in [0.05, 0.1) is 23.1 Å². The number of rotatable bonds is 3. The summed E-state index contributed by atoms with van der Waals surface area (Å²) in [6, 6.07) is 7.45. The molecule has 0 aliphatic rings. The monoisotopic (exact) mass is 223 g/mol. The summed E-state index contributed by atoms with van der Waals surface area (Å²) in [7, 11) is 0. The summed E-state index contributed by atoms with van der Waals surface area (Å²) in [6.45, 7) is 0.133. The lowest BCUT2D eigenvalue weighted by Gasteiger charge is -2.02. The summed E-state index contributed by atoms with van der Waals surface area (Å²) in [6.07, 6.45) is 3.32. The van der Waals surface area contributed by atoms with Crippen LogP contribution in [0, 0.1) is 0 Å². The summed E-state index contributed by atoms with van der Waals surface area (Å²) in [5, 5.41) is 4.76. The third kappa shape index (κ3) is 2.11. The van der Waals surface area contributed by atoms with Crippen molar-refractivity contribution >= 4 is 11.6 Å². The van der Waals surface area contributed by atoms with Gasteiger partial charge in [-0.2, -0.15) is 5.10 Å². The van der Waals surface area contributed by atoms with E-state index in [0.29, 0.717) is 10.8 Å². The second-order valence-electron chi connectivity index (χ2n) is 2.88. The van der Waals surface area contributed by atoms with Crippen LogP contribution in [0.3, 0.4) is 0 Å². The van der Waals surface area contributed by atoms with Crippen LogP contribution in [0.2, 0.25) is 5.02 Å². The molecule has 0 radical (unpaired) electrons. The van der Waals surface area contributed by atoms with Gasteiger partial charge in [0, 0.05) is 0 Å². The van der Waals surface area contributed by atoms with Gasteiger partial charge in [-0.15, -0.1) is 0 Å². The van der Waals surface area contributed by atoms with Gasteiger partial charge in [0.2, 0.25) is 0 Å². The number of ether oxygens (including phenoxy) is 1. The van der Waals surface area contributed by atoms with Gasteiger partial charge in [0.15, 0.2) is 5.75 Å². The van der Waals surface area contributed by atoms with E-state index in [0.717, 1.165) is 5.69 Å². The molecule has 0 saturated heterocycles. The minimum absolute atomic E-state index is 0.133. The van der Waals surface area contributed by atoms with Crippen LogP contribution in [0.1, 0.15) is 0 Å². The van der Waals surface area contributed by atoms with E-state index in [2.05, 4.69) is 5.10 Å². The van der Waals surface area contributed by atoms with Crippen molar-refractivity contribution in [3.8, 4) is 11.4 Å². The number of hydrogen-bond acceptors (Lipinski definition) is 3. The molecule has 0 saturated carbocycles. The van der Waals surface area contributed by atoms with Gasteiger partial charge in [-0.05, 0) is 12.1 Å². The number of para-hydroxylation sites is 1. The smallest absolute Gasteiger partial charge is 0.159 e. The SMILES string of the molecule is NCOc1cnn(-c2ccccc2Cl)c1. The second-order valence-corrected chi connectivity index (χ2v) is 3.29. The van der Waals surface area contributed by atoms with Gasteiger partial charge in [-0.1, -0.05) is 23.7 Å². The van der Waals surface area contributed by atoms with E-state index in [1.54, 1.807) is 17.1 Å². The zero-order valence-electron chi connectivity index (χ0n) is 7.93. The highest BCUT2D eigenvalue weighted by Gasteiger charge is 2.04. The Bertz CT molecular complexity index is 455. The average molecular weight is 224 g/mol. The quantitative estimate of drug-likeness (QED) is 0.808. The van der Waals surface area contributed by atoms with Crippen molar-refractivity contribution < 1.29 is 4.74 Å². The predicted molar refractivity (Wildman–Crippen MR) is 58.3 cm³/mol. The molecule has 0 atom stereocenters. The molecule has 0 spiro atoms.